The number of aromatic nitrogens is 3. The van der Waals surface area contributed by atoms with E-state index in [1.165, 1.54) is 6.20 Å². The van der Waals surface area contributed by atoms with Crippen LogP contribution in [0, 0.1) is 19.8 Å². The monoisotopic (exact) mass is 404 g/mol. The second-order valence-electron chi connectivity index (χ2n) is 7.08. The summed E-state index contributed by atoms with van der Waals surface area (Å²) in [5.74, 6) is 0.311. The average molecular weight is 404 g/mol. The molecule has 0 unspecified atom stereocenters. The van der Waals surface area contributed by atoms with Crippen LogP contribution in [-0.4, -0.2) is 39.7 Å². The van der Waals surface area contributed by atoms with Crippen molar-refractivity contribution in [2.45, 2.75) is 46.1 Å². The topological polar surface area (TPSA) is 94.1 Å². The van der Waals surface area contributed by atoms with Crippen LogP contribution >= 0.6 is 0 Å². The lowest BCUT2D eigenvalue weighted by Crippen LogP contribution is -2.25. The molecule has 2 heterocycles. The summed E-state index contributed by atoms with van der Waals surface area (Å²) in [5.41, 5.74) is 2.09. The summed E-state index contributed by atoms with van der Waals surface area (Å²) in [6.07, 6.45) is 0.847. The minimum Gasteiger partial charge on any atom is -0.471 e. The second-order valence-corrected chi connectivity index (χ2v) is 7.08. The molecule has 7 nitrogen and oxygen atoms in total. The quantitative estimate of drug-likeness (QED) is 0.690. The highest BCUT2D eigenvalue weighted by atomic mass is 19.3. The number of nitrogens with one attached hydrogen (secondary N) is 1. The molecule has 29 heavy (non-hydrogen) atoms. The first-order valence-corrected chi connectivity index (χ1v) is 9.33. The molecule has 0 aromatic carbocycles. The number of pyridine rings is 1. The van der Waals surface area contributed by atoms with Crippen LogP contribution in [0.1, 0.15) is 46.0 Å². The Kier molecular flexibility index (Phi) is 6.46. The van der Waals surface area contributed by atoms with Gasteiger partial charge in [0.25, 0.3) is 12.3 Å². The van der Waals surface area contributed by atoms with E-state index in [4.69, 9.17) is 4.74 Å². The van der Waals surface area contributed by atoms with Gasteiger partial charge in [-0.3, -0.25) is 9.59 Å². The van der Waals surface area contributed by atoms with Crippen molar-refractivity contribution in [2.75, 3.05) is 6.61 Å². The molecular formula is C20H22F2N4O3. The zero-order chi connectivity index (χ0) is 21.0. The SMILES string of the molecule is Cc1cc(C(=O)NCc2cnc(OCC(F)F)c(C)c2)nc(CC(=O)C2CC2)n1. The number of alkyl halides is 2. The van der Waals surface area contributed by atoms with E-state index in [0.717, 1.165) is 12.8 Å². The van der Waals surface area contributed by atoms with E-state index in [-0.39, 0.29) is 36.2 Å². The first kappa shape index (κ1) is 20.8. The van der Waals surface area contributed by atoms with Crippen molar-refractivity contribution < 1.29 is 23.1 Å². The van der Waals surface area contributed by atoms with Crippen LogP contribution < -0.4 is 10.1 Å². The zero-order valence-corrected chi connectivity index (χ0v) is 16.2. The number of amides is 1. The summed E-state index contributed by atoms with van der Waals surface area (Å²) in [4.78, 5) is 36.9. The van der Waals surface area contributed by atoms with Gasteiger partial charge in [-0.05, 0) is 44.4 Å². The minimum absolute atomic E-state index is 0.109. The van der Waals surface area contributed by atoms with Crippen molar-refractivity contribution in [3.05, 3.63) is 46.7 Å². The maximum atomic E-state index is 12.5. The van der Waals surface area contributed by atoms with E-state index in [0.29, 0.717) is 22.6 Å². The van der Waals surface area contributed by atoms with Gasteiger partial charge in [-0.15, -0.1) is 0 Å². The average Bonchev–Trinajstić information content (AvgIpc) is 3.50. The third-order valence-electron chi connectivity index (χ3n) is 4.38. The van der Waals surface area contributed by atoms with Crippen molar-refractivity contribution in [3.63, 3.8) is 0 Å². The smallest absolute Gasteiger partial charge is 0.272 e. The van der Waals surface area contributed by atoms with Gasteiger partial charge < -0.3 is 10.1 Å². The molecule has 1 amide bonds. The number of hydrogen-bond acceptors (Lipinski definition) is 6. The molecule has 1 fully saturated rings. The Morgan fingerprint density at radius 1 is 1.24 bits per heavy atom. The highest BCUT2D eigenvalue weighted by Gasteiger charge is 2.30. The van der Waals surface area contributed by atoms with Crippen molar-refractivity contribution >= 4 is 11.7 Å². The summed E-state index contributed by atoms with van der Waals surface area (Å²) < 4.78 is 29.4. The van der Waals surface area contributed by atoms with E-state index in [1.807, 2.05) is 0 Å². The fourth-order valence-corrected chi connectivity index (χ4v) is 2.81. The Morgan fingerprint density at radius 2 is 2.00 bits per heavy atom. The van der Waals surface area contributed by atoms with Crippen LogP contribution in [-0.2, 0) is 17.8 Å². The fraction of sp³-hybridized carbons (Fsp3) is 0.450. The number of hydrogen-bond donors (Lipinski definition) is 1. The first-order valence-electron chi connectivity index (χ1n) is 9.33. The Morgan fingerprint density at radius 3 is 2.66 bits per heavy atom. The van der Waals surface area contributed by atoms with Gasteiger partial charge in [0.2, 0.25) is 5.88 Å². The van der Waals surface area contributed by atoms with E-state index in [9.17, 15) is 18.4 Å². The number of halogens is 2. The number of rotatable bonds is 9. The number of ketones is 1. The molecule has 154 valence electrons. The molecule has 0 bridgehead atoms. The zero-order valence-electron chi connectivity index (χ0n) is 16.2. The first-order chi connectivity index (χ1) is 13.8. The number of carbonyl (C=O) groups is 2. The summed E-state index contributed by atoms with van der Waals surface area (Å²) in [6, 6.07) is 3.27. The van der Waals surface area contributed by atoms with E-state index >= 15 is 0 Å². The Bertz CT molecular complexity index is 917. The maximum absolute atomic E-state index is 12.5. The summed E-state index contributed by atoms with van der Waals surface area (Å²) in [7, 11) is 0. The molecule has 9 heteroatoms. The third kappa shape index (κ3) is 6.00. The third-order valence-corrected chi connectivity index (χ3v) is 4.38. The van der Waals surface area contributed by atoms with E-state index < -0.39 is 18.9 Å². The van der Waals surface area contributed by atoms with Crippen LogP contribution in [0.2, 0.25) is 0 Å². The van der Waals surface area contributed by atoms with Gasteiger partial charge in [0.1, 0.15) is 17.3 Å². The Balaban J connectivity index is 1.60. The summed E-state index contributed by atoms with van der Waals surface area (Å²) >= 11 is 0. The van der Waals surface area contributed by atoms with Gasteiger partial charge >= 0.3 is 0 Å². The van der Waals surface area contributed by atoms with Crippen molar-refractivity contribution in [1.82, 2.24) is 20.3 Å². The normalized spacial score (nSPS) is 13.4. The lowest BCUT2D eigenvalue weighted by atomic mass is 10.2. The van der Waals surface area contributed by atoms with Crippen LogP contribution in [0.5, 0.6) is 5.88 Å². The molecule has 1 saturated carbocycles. The molecule has 3 rings (SSSR count). The highest BCUT2D eigenvalue weighted by Crippen LogP contribution is 2.30. The molecule has 0 atom stereocenters. The van der Waals surface area contributed by atoms with Crippen LogP contribution in [0.4, 0.5) is 8.78 Å². The highest BCUT2D eigenvalue weighted by molar-refractivity contribution is 5.92. The Hall–Kier alpha value is -2.97. The molecule has 0 radical (unpaired) electrons. The molecule has 1 N–H and O–H groups in total. The molecule has 1 aliphatic rings. The van der Waals surface area contributed by atoms with Crippen LogP contribution in [0.3, 0.4) is 0 Å². The number of nitrogens with zero attached hydrogens (tertiary/aromatic N) is 3. The molecule has 1 aliphatic carbocycles. The lowest BCUT2D eigenvalue weighted by molar-refractivity contribution is -0.119. The minimum atomic E-state index is -2.57. The lowest BCUT2D eigenvalue weighted by Gasteiger charge is -2.10. The summed E-state index contributed by atoms with van der Waals surface area (Å²) in [5, 5.41) is 2.74. The van der Waals surface area contributed by atoms with Crippen molar-refractivity contribution in [2.24, 2.45) is 5.92 Å². The predicted molar refractivity (Wildman–Crippen MR) is 99.8 cm³/mol. The molecule has 0 aliphatic heterocycles. The molecule has 0 saturated heterocycles. The number of carbonyl (C=O) groups excluding carboxylic acids is 2. The van der Waals surface area contributed by atoms with Crippen molar-refractivity contribution in [1.29, 1.82) is 0 Å². The molecular weight excluding hydrogens is 382 g/mol. The van der Waals surface area contributed by atoms with Crippen molar-refractivity contribution in [3.8, 4) is 5.88 Å². The van der Waals surface area contributed by atoms with Gasteiger partial charge in [-0.1, -0.05) is 0 Å². The molecule has 2 aromatic rings. The molecule has 2 aromatic heterocycles. The van der Waals surface area contributed by atoms with E-state index in [1.54, 1.807) is 26.0 Å². The fourth-order valence-electron chi connectivity index (χ4n) is 2.81. The molecule has 0 spiro atoms. The van der Waals surface area contributed by atoms with Gasteiger partial charge in [0.15, 0.2) is 6.61 Å². The second kappa shape index (κ2) is 9.02. The van der Waals surface area contributed by atoms with E-state index in [2.05, 4.69) is 20.3 Å². The maximum Gasteiger partial charge on any atom is 0.272 e. The Labute approximate surface area is 166 Å². The van der Waals surface area contributed by atoms with Gasteiger partial charge in [0, 0.05) is 29.9 Å². The summed E-state index contributed by atoms with van der Waals surface area (Å²) in [6.45, 7) is 2.90. The van der Waals surface area contributed by atoms with Crippen LogP contribution in [0.15, 0.2) is 18.3 Å². The number of aryl methyl sites for hydroxylation is 2. The van der Waals surface area contributed by atoms with Gasteiger partial charge in [-0.2, -0.15) is 0 Å². The standard InChI is InChI=1S/C20H22F2N4O3/c1-11-5-13(9-24-20(11)29-10-17(21)22)8-23-19(28)15-6-12(2)25-18(26-15)7-16(27)14-3-4-14/h5-6,9,14,17H,3-4,7-8,10H2,1-2H3,(H,23,28). The van der Waals surface area contributed by atoms with Gasteiger partial charge in [0.05, 0.1) is 6.42 Å². The largest absolute Gasteiger partial charge is 0.471 e. The van der Waals surface area contributed by atoms with Gasteiger partial charge in [-0.25, -0.2) is 23.7 Å². The predicted octanol–water partition coefficient (Wildman–Crippen LogP) is 2.58. The van der Waals surface area contributed by atoms with Crippen LogP contribution in [0.25, 0.3) is 0 Å². The number of Topliss-reactive ketones (excluding diaryl/α,β-unsaturated/α-hetero) is 1. The number of ether oxygens (including phenoxy) is 1.